The van der Waals surface area contributed by atoms with Crippen LogP contribution in [-0.4, -0.2) is 45.9 Å². The van der Waals surface area contributed by atoms with Crippen molar-refractivity contribution >= 4 is 11.9 Å². The van der Waals surface area contributed by atoms with Gasteiger partial charge in [-0.25, -0.2) is 0 Å². The Labute approximate surface area is 120 Å². The van der Waals surface area contributed by atoms with Gasteiger partial charge in [0.15, 0.2) is 0 Å². The molecule has 1 heterocycles. The fourth-order valence-electron chi connectivity index (χ4n) is 1.61. The summed E-state index contributed by atoms with van der Waals surface area (Å²) in [5.74, 6) is 0.998. The van der Waals surface area contributed by atoms with Gasteiger partial charge in [-0.3, -0.25) is 0 Å². The van der Waals surface area contributed by atoms with Crippen LogP contribution >= 0.6 is 0 Å². The zero-order valence-electron chi connectivity index (χ0n) is 12.5. The van der Waals surface area contributed by atoms with Crippen molar-refractivity contribution in [3.05, 3.63) is 0 Å². The molecule has 0 saturated carbocycles. The normalized spacial score (nSPS) is 12.0. The molecule has 0 bridgehead atoms. The van der Waals surface area contributed by atoms with Crippen molar-refractivity contribution < 1.29 is 9.84 Å². The molecule has 0 radical (unpaired) electrons. The van der Waals surface area contributed by atoms with Gasteiger partial charge in [0.05, 0.1) is 6.61 Å². The van der Waals surface area contributed by atoms with E-state index in [9.17, 15) is 0 Å². The Bertz CT molecular complexity index is 389. The Balaban J connectivity index is 2.73. The van der Waals surface area contributed by atoms with Gasteiger partial charge >= 0.3 is 6.01 Å². The molecule has 1 aromatic heterocycles. The summed E-state index contributed by atoms with van der Waals surface area (Å²) in [7, 11) is 0. The molecule has 20 heavy (non-hydrogen) atoms. The summed E-state index contributed by atoms with van der Waals surface area (Å²) >= 11 is 0. The number of anilines is 2. The van der Waals surface area contributed by atoms with Crippen LogP contribution in [0.2, 0.25) is 0 Å². The Kier molecular flexibility index (Phi) is 7.64. The quantitative estimate of drug-likeness (QED) is 0.601. The third-order valence-corrected chi connectivity index (χ3v) is 2.56. The zero-order chi connectivity index (χ0) is 14.8. The second-order valence-electron chi connectivity index (χ2n) is 4.56. The molecule has 0 saturated heterocycles. The molecule has 0 spiro atoms. The van der Waals surface area contributed by atoms with Crippen molar-refractivity contribution in [2.75, 3.05) is 30.4 Å². The molecule has 0 fully saturated rings. The number of nitrogens with one attached hydrogen (secondary N) is 2. The van der Waals surface area contributed by atoms with Crippen molar-refractivity contribution in [3.8, 4) is 6.01 Å². The molecular formula is C13H25N5O2. The number of hydrogen-bond donors (Lipinski definition) is 3. The summed E-state index contributed by atoms with van der Waals surface area (Å²) in [6.45, 7) is 7.54. The van der Waals surface area contributed by atoms with Gasteiger partial charge in [0.2, 0.25) is 11.9 Å². The highest BCUT2D eigenvalue weighted by molar-refractivity contribution is 5.36. The number of hydrogen-bond acceptors (Lipinski definition) is 7. The SMILES string of the molecule is CCCOc1nc(NCC)nc(NC(C)CCCO)n1. The Morgan fingerprint density at radius 3 is 2.60 bits per heavy atom. The summed E-state index contributed by atoms with van der Waals surface area (Å²) in [6, 6.07) is 0.507. The number of ether oxygens (including phenoxy) is 1. The van der Waals surface area contributed by atoms with Crippen LogP contribution < -0.4 is 15.4 Å². The average Bonchev–Trinajstić information content (AvgIpc) is 2.43. The van der Waals surface area contributed by atoms with Crippen LogP contribution in [0.5, 0.6) is 6.01 Å². The van der Waals surface area contributed by atoms with Crippen LogP contribution in [0.4, 0.5) is 11.9 Å². The topological polar surface area (TPSA) is 92.2 Å². The van der Waals surface area contributed by atoms with Gasteiger partial charge in [-0.2, -0.15) is 15.0 Å². The molecule has 1 aromatic rings. The van der Waals surface area contributed by atoms with Crippen LogP contribution in [0.25, 0.3) is 0 Å². The van der Waals surface area contributed by atoms with Gasteiger partial charge in [-0.15, -0.1) is 0 Å². The second-order valence-corrected chi connectivity index (χ2v) is 4.56. The Morgan fingerprint density at radius 2 is 1.95 bits per heavy atom. The van der Waals surface area contributed by atoms with Gasteiger partial charge in [-0.05, 0) is 33.1 Å². The summed E-state index contributed by atoms with van der Waals surface area (Å²) in [6.07, 6.45) is 2.50. The van der Waals surface area contributed by atoms with Gasteiger partial charge < -0.3 is 20.5 Å². The molecule has 1 atom stereocenters. The number of nitrogens with zero attached hydrogens (tertiary/aromatic N) is 3. The van der Waals surface area contributed by atoms with E-state index in [2.05, 4.69) is 25.6 Å². The first-order chi connectivity index (χ1) is 9.69. The minimum atomic E-state index is 0.179. The lowest BCUT2D eigenvalue weighted by Crippen LogP contribution is -2.19. The molecule has 7 nitrogen and oxygen atoms in total. The summed E-state index contributed by atoms with van der Waals surface area (Å²) in [4.78, 5) is 12.7. The van der Waals surface area contributed by atoms with E-state index in [4.69, 9.17) is 9.84 Å². The van der Waals surface area contributed by atoms with Gasteiger partial charge in [0, 0.05) is 19.2 Å². The monoisotopic (exact) mass is 283 g/mol. The Hall–Kier alpha value is -1.63. The van der Waals surface area contributed by atoms with Crippen molar-refractivity contribution in [1.82, 2.24) is 15.0 Å². The first-order valence-corrected chi connectivity index (χ1v) is 7.19. The number of rotatable bonds is 10. The maximum Gasteiger partial charge on any atom is 0.323 e. The van der Waals surface area contributed by atoms with E-state index in [1.54, 1.807) is 0 Å². The molecule has 0 aliphatic rings. The number of aliphatic hydroxyl groups excluding tert-OH is 1. The predicted molar refractivity (Wildman–Crippen MR) is 79.2 cm³/mol. The molecule has 0 aromatic carbocycles. The fourth-order valence-corrected chi connectivity index (χ4v) is 1.61. The van der Waals surface area contributed by atoms with E-state index >= 15 is 0 Å². The third kappa shape index (κ3) is 6.01. The average molecular weight is 283 g/mol. The molecule has 114 valence electrons. The first kappa shape index (κ1) is 16.4. The third-order valence-electron chi connectivity index (χ3n) is 2.56. The summed E-state index contributed by atoms with van der Waals surface area (Å²) in [5, 5.41) is 15.1. The number of aromatic nitrogens is 3. The molecule has 0 aliphatic heterocycles. The van der Waals surface area contributed by atoms with Crippen LogP contribution in [0.15, 0.2) is 0 Å². The molecule has 1 unspecified atom stereocenters. The standard InChI is InChI=1S/C13H25N5O2/c1-4-9-20-13-17-11(14-5-2)16-12(18-13)15-10(3)7-6-8-19/h10,19H,4-9H2,1-3H3,(H2,14,15,16,17,18). The maximum atomic E-state index is 8.84. The van der Waals surface area contributed by atoms with Gasteiger partial charge in [0.1, 0.15) is 0 Å². The maximum absolute atomic E-state index is 8.84. The first-order valence-electron chi connectivity index (χ1n) is 7.19. The van der Waals surface area contributed by atoms with Crippen molar-refractivity contribution in [2.45, 2.75) is 46.1 Å². The lowest BCUT2D eigenvalue weighted by atomic mass is 10.2. The smallest absolute Gasteiger partial charge is 0.323 e. The van der Waals surface area contributed by atoms with Gasteiger partial charge in [-0.1, -0.05) is 6.92 Å². The van der Waals surface area contributed by atoms with E-state index in [1.165, 1.54) is 0 Å². The number of aliphatic hydroxyl groups is 1. The summed E-state index contributed by atoms with van der Waals surface area (Å²) in [5.41, 5.74) is 0. The predicted octanol–water partition coefficient (Wildman–Crippen LogP) is 1.67. The van der Waals surface area contributed by atoms with Crippen LogP contribution in [-0.2, 0) is 0 Å². The highest BCUT2D eigenvalue weighted by Gasteiger charge is 2.09. The zero-order valence-corrected chi connectivity index (χ0v) is 12.5. The van der Waals surface area contributed by atoms with E-state index in [0.717, 1.165) is 25.8 Å². The van der Waals surface area contributed by atoms with Crippen LogP contribution in [0, 0.1) is 0 Å². The molecule has 0 aliphatic carbocycles. The van der Waals surface area contributed by atoms with Crippen molar-refractivity contribution in [2.24, 2.45) is 0 Å². The molecule has 0 amide bonds. The second kappa shape index (κ2) is 9.30. The van der Waals surface area contributed by atoms with E-state index in [-0.39, 0.29) is 12.6 Å². The molecule has 1 rings (SSSR count). The van der Waals surface area contributed by atoms with Crippen molar-refractivity contribution in [1.29, 1.82) is 0 Å². The van der Waals surface area contributed by atoms with Crippen LogP contribution in [0.3, 0.4) is 0 Å². The van der Waals surface area contributed by atoms with E-state index in [1.807, 2.05) is 20.8 Å². The minimum Gasteiger partial charge on any atom is -0.463 e. The summed E-state index contributed by atoms with van der Waals surface area (Å²) < 4.78 is 5.46. The lowest BCUT2D eigenvalue weighted by molar-refractivity contribution is 0.281. The largest absolute Gasteiger partial charge is 0.463 e. The van der Waals surface area contributed by atoms with Crippen molar-refractivity contribution in [3.63, 3.8) is 0 Å². The Morgan fingerprint density at radius 1 is 1.20 bits per heavy atom. The molecule has 7 heteroatoms. The fraction of sp³-hybridized carbons (Fsp3) is 0.769. The molecule has 3 N–H and O–H groups in total. The lowest BCUT2D eigenvalue weighted by Gasteiger charge is -2.14. The van der Waals surface area contributed by atoms with E-state index < -0.39 is 0 Å². The minimum absolute atomic E-state index is 0.179. The highest BCUT2D eigenvalue weighted by atomic mass is 16.5. The molecular weight excluding hydrogens is 258 g/mol. The van der Waals surface area contributed by atoms with E-state index in [0.29, 0.717) is 24.5 Å². The van der Waals surface area contributed by atoms with Crippen LogP contribution in [0.1, 0.15) is 40.0 Å². The van der Waals surface area contributed by atoms with Gasteiger partial charge in [0.25, 0.3) is 0 Å². The highest BCUT2D eigenvalue weighted by Crippen LogP contribution is 2.13.